The first kappa shape index (κ1) is 22.3. The molecule has 1 aliphatic heterocycles. The highest BCUT2D eigenvalue weighted by atomic mass is 16.5. The molecule has 0 saturated carbocycles. The minimum atomic E-state index is -0.496. The molecular formula is C24H29N3O4. The Labute approximate surface area is 182 Å². The van der Waals surface area contributed by atoms with Crippen molar-refractivity contribution in [2.75, 3.05) is 23.9 Å². The van der Waals surface area contributed by atoms with Gasteiger partial charge in [-0.1, -0.05) is 45.9 Å². The highest BCUT2D eigenvalue weighted by Gasteiger charge is 2.32. The van der Waals surface area contributed by atoms with Crippen LogP contribution in [0.3, 0.4) is 0 Å². The summed E-state index contributed by atoms with van der Waals surface area (Å²) in [5.41, 5.74) is 2.67. The molecule has 2 N–H and O–H groups in total. The molecule has 2 aromatic rings. The maximum absolute atomic E-state index is 13.3. The Morgan fingerprint density at radius 1 is 1.19 bits per heavy atom. The summed E-state index contributed by atoms with van der Waals surface area (Å²) in [4.78, 5) is 39.4. The molecule has 0 unspecified atom stereocenters. The van der Waals surface area contributed by atoms with Crippen LogP contribution in [0.25, 0.3) is 0 Å². The first-order chi connectivity index (χ1) is 14.7. The highest BCUT2D eigenvalue weighted by molar-refractivity contribution is 6.17. The zero-order chi connectivity index (χ0) is 22.8. The van der Waals surface area contributed by atoms with Crippen molar-refractivity contribution >= 4 is 29.2 Å². The van der Waals surface area contributed by atoms with E-state index in [1.807, 2.05) is 52.0 Å². The number of carbonyl (C=O) groups is 3. The lowest BCUT2D eigenvalue weighted by molar-refractivity contribution is -0.118. The first-order valence-electron chi connectivity index (χ1n) is 10.4. The number of imide groups is 1. The maximum atomic E-state index is 13.3. The van der Waals surface area contributed by atoms with Crippen LogP contribution in [0.2, 0.25) is 0 Å². The quantitative estimate of drug-likeness (QED) is 0.752. The number of ether oxygens (including phenoxy) is 1. The third-order valence-corrected chi connectivity index (χ3v) is 5.30. The molecule has 3 rings (SSSR count). The van der Waals surface area contributed by atoms with Gasteiger partial charge in [0.15, 0.2) is 0 Å². The summed E-state index contributed by atoms with van der Waals surface area (Å²) in [5, 5.41) is 5.65. The molecule has 31 heavy (non-hydrogen) atoms. The van der Waals surface area contributed by atoms with Crippen LogP contribution >= 0.6 is 0 Å². The summed E-state index contributed by atoms with van der Waals surface area (Å²) < 4.78 is 5.65. The van der Waals surface area contributed by atoms with Crippen LogP contribution in [0, 0.1) is 0 Å². The SMILES string of the molecule is CCc1ccccc1NC(=O)c1cc(N2C(=O)CCNC2=O)cc(C(C)(C)C)c1OC. The highest BCUT2D eigenvalue weighted by Crippen LogP contribution is 2.38. The monoisotopic (exact) mass is 423 g/mol. The Bertz CT molecular complexity index is 1010. The molecule has 1 saturated heterocycles. The van der Waals surface area contributed by atoms with Gasteiger partial charge in [0.1, 0.15) is 5.75 Å². The molecule has 7 heteroatoms. The number of carbonyl (C=O) groups excluding carboxylic acids is 3. The van der Waals surface area contributed by atoms with Gasteiger partial charge in [-0.3, -0.25) is 9.59 Å². The number of rotatable bonds is 5. The standard InChI is InChI=1S/C24H29N3O4/c1-6-15-9-7-8-10-19(15)26-22(29)17-13-16(27-20(28)11-12-25-23(27)30)14-18(21(17)31-5)24(2,3)4/h7-10,13-14H,6,11-12H2,1-5H3,(H,25,30)(H,26,29). The number of nitrogens with one attached hydrogen (secondary N) is 2. The molecule has 0 atom stereocenters. The lowest BCUT2D eigenvalue weighted by Crippen LogP contribution is -2.50. The van der Waals surface area contributed by atoms with E-state index in [1.165, 1.54) is 7.11 Å². The van der Waals surface area contributed by atoms with Gasteiger partial charge in [-0.25, -0.2) is 9.69 Å². The van der Waals surface area contributed by atoms with Crippen molar-refractivity contribution in [1.29, 1.82) is 0 Å². The third kappa shape index (κ3) is 4.55. The van der Waals surface area contributed by atoms with Crippen LogP contribution in [0.5, 0.6) is 5.75 Å². The van der Waals surface area contributed by atoms with Crippen molar-refractivity contribution in [2.24, 2.45) is 0 Å². The van der Waals surface area contributed by atoms with E-state index in [0.717, 1.165) is 22.4 Å². The Morgan fingerprint density at radius 2 is 1.90 bits per heavy atom. The number of urea groups is 1. The van der Waals surface area contributed by atoms with Gasteiger partial charge in [0.2, 0.25) is 5.91 Å². The summed E-state index contributed by atoms with van der Waals surface area (Å²) >= 11 is 0. The molecule has 1 heterocycles. The van der Waals surface area contributed by atoms with Crippen molar-refractivity contribution in [3.63, 3.8) is 0 Å². The second-order valence-corrected chi connectivity index (χ2v) is 8.50. The largest absolute Gasteiger partial charge is 0.496 e. The van der Waals surface area contributed by atoms with Gasteiger partial charge in [-0.05, 0) is 35.6 Å². The van der Waals surface area contributed by atoms with Crippen molar-refractivity contribution in [2.45, 2.75) is 46.0 Å². The lowest BCUT2D eigenvalue weighted by Gasteiger charge is -2.30. The van der Waals surface area contributed by atoms with Crippen molar-refractivity contribution in [1.82, 2.24) is 5.32 Å². The van der Waals surface area contributed by atoms with E-state index in [-0.39, 0.29) is 23.8 Å². The average Bonchev–Trinajstić information content (AvgIpc) is 2.72. The molecule has 0 bridgehead atoms. The summed E-state index contributed by atoms with van der Waals surface area (Å²) in [6.07, 6.45) is 0.970. The molecule has 0 aliphatic carbocycles. The van der Waals surface area contributed by atoms with E-state index in [2.05, 4.69) is 10.6 Å². The van der Waals surface area contributed by atoms with Gasteiger partial charge >= 0.3 is 6.03 Å². The molecule has 2 aromatic carbocycles. The summed E-state index contributed by atoms with van der Waals surface area (Å²) in [6.45, 7) is 8.28. The third-order valence-electron chi connectivity index (χ3n) is 5.30. The van der Waals surface area contributed by atoms with E-state index < -0.39 is 11.4 Å². The summed E-state index contributed by atoms with van der Waals surface area (Å²) in [5.74, 6) is -0.251. The van der Waals surface area contributed by atoms with E-state index >= 15 is 0 Å². The van der Waals surface area contributed by atoms with Crippen LogP contribution in [0.1, 0.15) is 55.6 Å². The summed E-state index contributed by atoms with van der Waals surface area (Å²) in [6, 6.07) is 10.4. The lowest BCUT2D eigenvalue weighted by atomic mass is 9.84. The van der Waals surface area contributed by atoms with Crippen LogP contribution in [-0.4, -0.2) is 31.5 Å². The van der Waals surface area contributed by atoms with Crippen molar-refractivity contribution in [3.05, 3.63) is 53.1 Å². The number of methoxy groups -OCH3 is 1. The fourth-order valence-corrected chi connectivity index (χ4v) is 3.67. The normalized spacial score (nSPS) is 14.3. The molecule has 1 fully saturated rings. The topological polar surface area (TPSA) is 87.7 Å². The van der Waals surface area contributed by atoms with Crippen LogP contribution in [0.4, 0.5) is 16.2 Å². The predicted octanol–water partition coefficient (Wildman–Crippen LogP) is 4.25. The van der Waals surface area contributed by atoms with Crippen LogP contribution in [0.15, 0.2) is 36.4 Å². The van der Waals surface area contributed by atoms with Gasteiger partial charge in [-0.15, -0.1) is 0 Å². The van der Waals surface area contributed by atoms with E-state index in [0.29, 0.717) is 23.7 Å². The Balaban J connectivity index is 2.14. The van der Waals surface area contributed by atoms with Gasteiger partial charge < -0.3 is 15.4 Å². The Morgan fingerprint density at radius 3 is 2.52 bits per heavy atom. The van der Waals surface area contributed by atoms with E-state index in [4.69, 9.17) is 4.74 Å². The Hall–Kier alpha value is -3.35. The zero-order valence-electron chi connectivity index (χ0n) is 18.7. The maximum Gasteiger partial charge on any atom is 0.328 e. The number of hydrogen-bond donors (Lipinski definition) is 2. The average molecular weight is 424 g/mol. The fourth-order valence-electron chi connectivity index (χ4n) is 3.67. The van der Waals surface area contributed by atoms with Crippen molar-refractivity contribution < 1.29 is 19.1 Å². The molecule has 164 valence electrons. The van der Waals surface area contributed by atoms with Gasteiger partial charge in [0, 0.05) is 24.2 Å². The van der Waals surface area contributed by atoms with Crippen LogP contribution < -0.4 is 20.3 Å². The number of nitrogens with zero attached hydrogens (tertiary/aromatic N) is 1. The Kier molecular flexibility index (Phi) is 6.34. The second kappa shape index (κ2) is 8.79. The minimum Gasteiger partial charge on any atom is -0.496 e. The number of amides is 4. The molecule has 1 aliphatic rings. The van der Waals surface area contributed by atoms with E-state index in [9.17, 15) is 14.4 Å². The number of aryl methyl sites for hydroxylation is 1. The number of hydrogen-bond acceptors (Lipinski definition) is 4. The zero-order valence-corrected chi connectivity index (χ0v) is 18.7. The smallest absolute Gasteiger partial charge is 0.328 e. The molecular weight excluding hydrogens is 394 g/mol. The second-order valence-electron chi connectivity index (χ2n) is 8.50. The van der Waals surface area contributed by atoms with Crippen molar-refractivity contribution in [3.8, 4) is 5.75 Å². The minimum absolute atomic E-state index is 0.202. The molecule has 7 nitrogen and oxygen atoms in total. The molecule has 0 spiro atoms. The summed E-state index contributed by atoms with van der Waals surface area (Å²) in [7, 11) is 1.51. The molecule has 4 amide bonds. The number of benzene rings is 2. The molecule has 0 radical (unpaired) electrons. The molecule has 0 aromatic heterocycles. The first-order valence-corrected chi connectivity index (χ1v) is 10.4. The number of para-hydroxylation sites is 1. The van der Waals surface area contributed by atoms with Gasteiger partial charge in [0.05, 0.1) is 18.4 Å². The predicted molar refractivity (Wildman–Crippen MR) is 121 cm³/mol. The number of anilines is 2. The van der Waals surface area contributed by atoms with Gasteiger partial charge in [-0.2, -0.15) is 0 Å². The van der Waals surface area contributed by atoms with Gasteiger partial charge in [0.25, 0.3) is 5.91 Å². The van der Waals surface area contributed by atoms with E-state index in [1.54, 1.807) is 12.1 Å². The fraction of sp³-hybridized carbons (Fsp3) is 0.375. The van der Waals surface area contributed by atoms with Crippen LogP contribution in [-0.2, 0) is 16.6 Å².